The minimum Gasteiger partial charge on any atom is -0.297 e. The smallest absolute Gasteiger partial charge is 0.273 e. The molecule has 6 heteroatoms. The van der Waals surface area contributed by atoms with E-state index in [1.807, 2.05) is 6.07 Å². The average Bonchev–Trinajstić information content (AvgIpc) is 2.57. The Bertz CT molecular complexity index is 701. The molecule has 2 aromatic rings. The zero-order valence-electron chi connectivity index (χ0n) is 13.4. The van der Waals surface area contributed by atoms with E-state index in [9.17, 15) is 10.1 Å². The van der Waals surface area contributed by atoms with Crippen molar-refractivity contribution in [3.63, 3.8) is 0 Å². The molecule has 1 saturated heterocycles. The fourth-order valence-electron chi connectivity index (χ4n) is 3.05. The van der Waals surface area contributed by atoms with E-state index in [1.165, 1.54) is 11.6 Å². The van der Waals surface area contributed by atoms with Gasteiger partial charge in [0.1, 0.15) is 0 Å². The molecule has 3 rings (SSSR count). The molecule has 5 nitrogen and oxygen atoms in total. The van der Waals surface area contributed by atoms with Crippen LogP contribution in [0.4, 0.5) is 5.69 Å². The normalized spacial score (nSPS) is 16.2. The number of benzene rings is 2. The molecule has 0 amide bonds. The number of rotatable bonds is 5. The van der Waals surface area contributed by atoms with Crippen LogP contribution in [0.3, 0.4) is 0 Å². The first-order valence-corrected chi connectivity index (χ1v) is 8.41. The molecule has 0 radical (unpaired) electrons. The van der Waals surface area contributed by atoms with Crippen molar-refractivity contribution in [1.29, 1.82) is 0 Å². The van der Waals surface area contributed by atoms with E-state index in [2.05, 4.69) is 34.1 Å². The van der Waals surface area contributed by atoms with Crippen molar-refractivity contribution in [1.82, 2.24) is 9.80 Å². The molecule has 0 unspecified atom stereocenters. The number of hydrogen-bond acceptors (Lipinski definition) is 4. The summed E-state index contributed by atoms with van der Waals surface area (Å²) < 4.78 is 0. The van der Waals surface area contributed by atoms with Crippen molar-refractivity contribution < 1.29 is 4.92 Å². The zero-order chi connectivity index (χ0) is 16.9. The van der Waals surface area contributed by atoms with E-state index in [1.54, 1.807) is 12.1 Å². The van der Waals surface area contributed by atoms with Gasteiger partial charge in [-0.3, -0.25) is 19.9 Å². The molecule has 1 heterocycles. The predicted molar refractivity (Wildman–Crippen MR) is 95.1 cm³/mol. The van der Waals surface area contributed by atoms with Crippen LogP contribution in [-0.2, 0) is 13.1 Å². The fourth-order valence-corrected chi connectivity index (χ4v) is 3.24. The Kier molecular flexibility index (Phi) is 5.45. The largest absolute Gasteiger partial charge is 0.297 e. The molecule has 0 atom stereocenters. The van der Waals surface area contributed by atoms with Crippen LogP contribution in [0.15, 0.2) is 48.5 Å². The molecule has 0 aromatic heterocycles. The Morgan fingerprint density at radius 3 is 2.21 bits per heavy atom. The van der Waals surface area contributed by atoms with E-state index in [-0.39, 0.29) is 10.6 Å². The van der Waals surface area contributed by atoms with Gasteiger partial charge in [0.15, 0.2) is 0 Å². The van der Waals surface area contributed by atoms with Gasteiger partial charge < -0.3 is 0 Å². The Balaban J connectivity index is 1.58. The molecule has 0 spiro atoms. The summed E-state index contributed by atoms with van der Waals surface area (Å²) in [6, 6.07) is 15.2. The fraction of sp³-hybridized carbons (Fsp3) is 0.333. The molecular weight excluding hydrogens is 326 g/mol. The maximum Gasteiger partial charge on any atom is 0.273 e. The number of piperazine rings is 1. The summed E-state index contributed by atoms with van der Waals surface area (Å²) in [6.07, 6.45) is 0. The highest BCUT2D eigenvalue weighted by Crippen LogP contribution is 2.24. The van der Waals surface area contributed by atoms with Crippen molar-refractivity contribution in [2.75, 3.05) is 26.2 Å². The lowest BCUT2D eigenvalue weighted by atomic mass is 10.1. The SMILES string of the molecule is O=[N+]([O-])c1ccc(Cl)cc1CN1CCN(Cc2ccccc2)CC1. The van der Waals surface area contributed by atoms with Crippen molar-refractivity contribution >= 4 is 17.3 Å². The zero-order valence-corrected chi connectivity index (χ0v) is 14.2. The molecule has 1 aliphatic heterocycles. The number of nitro benzene ring substituents is 1. The maximum atomic E-state index is 11.2. The molecular formula is C18H20ClN3O2. The summed E-state index contributed by atoms with van der Waals surface area (Å²) in [4.78, 5) is 15.5. The van der Waals surface area contributed by atoms with Gasteiger partial charge in [-0.2, -0.15) is 0 Å². The van der Waals surface area contributed by atoms with E-state index in [4.69, 9.17) is 11.6 Å². The Hall–Kier alpha value is -1.95. The molecule has 24 heavy (non-hydrogen) atoms. The second kappa shape index (κ2) is 7.75. The van der Waals surface area contributed by atoms with Crippen LogP contribution in [0, 0.1) is 10.1 Å². The summed E-state index contributed by atoms with van der Waals surface area (Å²) in [6.45, 7) is 5.24. The summed E-state index contributed by atoms with van der Waals surface area (Å²) in [5.74, 6) is 0. The van der Waals surface area contributed by atoms with Gasteiger partial charge in [0.2, 0.25) is 0 Å². The third kappa shape index (κ3) is 4.32. The first-order chi connectivity index (χ1) is 11.6. The van der Waals surface area contributed by atoms with Crippen LogP contribution < -0.4 is 0 Å². The molecule has 0 saturated carbocycles. The highest BCUT2D eigenvalue weighted by Gasteiger charge is 2.21. The Morgan fingerprint density at radius 1 is 0.958 bits per heavy atom. The predicted octanol–water partition coefficient (Wildman–Crippen LogP) is 3.57. The van der Waals surface area contributed by atoms with Crippen molar-refractivity contribution in [3.8, 4) is 0 Å². The van der Waals surface area contributed by atoms with Gasteiger partial charge in [-0.25, -0.2) is 0 Å². The quantitative estimate of drug-likeness (QED) is 0.614. The molecule has 0 N–H and O–H groups in total. The third-order valence-corrected chi connectivity index (χ3v) is 4.58. The molecule has 1 fully saturated rings. The molecule has 1 aliphatic rings. The second-order valence-corrected chi connectivity index (χ2v) is 6.50. The van der Waals surface area contributed by atoms with Gasteiger partial charge in [0.25, 0.3) is 5.69 Å². The van der Waals surface area contributed by atoms with E-state index >= 15 is 0 Å². The van der Waals surface area contributed by atoms with Crippen molar-refractivity contribution in [2.24, 2.45) is 0 Å². The molecule has 2 aromatic carbocycles. The second-order valence-electron chi connectivity index (χ2n) is 6.07. The lowest BCUT2D eigenvalue weighted by Gasteiger charge is -2.34. The highest BCUT2D eigenvalue weighted by atomic mass is 35.5. The topological polar surface area (TPSA) is 49.6 Å². The van der Waals surface area contributed by atoms with E-state index in [0.717, 1.165) is 32.7 Å². The minimum absolute atomic E-state index is 0.145. The average molecular weight is 346 g/mol. The van der Waals surface area contributed by atoms with Crippen molar-refractivity contribution in [3.05, 3.63) is 74.8 Å². The summed E-state index contributed by atoms with van der Waals surface area (Å²) in [7, 11) is 0. The van der Waals surface area contributed by atoms with E-state index < -0.39 is 0 Å². The van der Waals surface area contributed by atoms with Gasteiger partial charge in [0, 0.05) is 55.9 Å². The molecule has 126 valence electrons. The van der Waals surface area contributed by atoms with Crippen LogP contribution in [0.5, 0.6) is 0 Å². The summed E-state index contributed by atoms with van der Waals surface area (Å²) in [5.41, 5.74) is 2.14. The van der Waals surface area contributed by atoms with Gasteiger partial charge in [0.05, 0.1) is 4.92 Å². The lowest BCUT2D eigenvalue weighted by Crippen LogP contribution is -2.45. The summed E-state index contributed by atoms with van der Waals surface area (Å²) in [5, 5.41) is 11.7. The maximum absolute atomic E-state index is 11.2. The van der Waals surface area contributed by atoms with Crippen LogP contribution in [0.2, 0.25) is 5.02 Å². The number of nitro groups is 1. The van der Waals surface area contributed by atoms with Crippen molar-refractivity contribution in [2.45, 2.75) is 13.1 Å². The third-order valence-electron chi connectivity index (χ3n) is 4.35. The summed E-state index contributed by atoms with van der Waals surface area (Å²) >= 11 is 6.00. The van der Waals surface area contributed by atoms with Gasteiger partial charge in [-0.1, -0.05) is 41.9 Å². The van der Waals surface area contributed by atoms with Gasteiger partial charge >= 0.3 is 0 Å². The van der Waals surface area contributed by atoms with Crippen LogP contribution >= 0.6 is 11.6 Å². The highest BCUT2D eigenvalue weighted by molar-refractivity contribution is 6.30. The Labute approximate surface area is 146 Å². The monoisotopic (exact) mass is 345 g/mol. The van der Waals surface area contributed by atoms with Crippen LogP contribution in [0.1, 0.15) is 11.1 Å². The lowest BCUT2D eigenvalue weighted by molar-refractivity contribution is -0.385. The van der Waals surface area contributed by atoms with Gasteiger partial charge in [-0.15, -0.1) is 0 Å². The standard InChI is InChI=1S/C18H20ClN3O2/c19-17-6-7-18(22(23)24)16(12-17)14-21-10-8-20(9-11-21)13-15-4-2-1-3-5-15/h1-7,12H,8-11,13-14H2. The molecule has 0 bridgehead atoms. The van der Waals surface area contributed by atoms with Crippen LogP contribution in [0.25, 0.3) is 0 Å². The first kappa shape index (κ1) is 16.9. The van der Waals surface area contributed by atoms with Gasteiger partial charge in [-0.05, 0) is 17.7 Å². The number of halogens is 1. The van der Waals surface area contributed by atoms with Crippen LogP contribution in [-0.4, -0.2) is 40.9 Å². The van der Waals surface area contributed by atoms with E-state index in [0.29, 0.717) is 17.1 Å². The number of nitrogens with zero attached hydrogens (tertiary/aromatic N) is 3. The first-order valence-electron chi connectivity index (χ1n) is 8.03. The molecule has 0 aliphatic carbocycles. The Morgan fingerprint density at radius 2 is 1.58 bits per heavy atom. The minimum atomic E-state index is -0.336. The number of hydrogen-bond donors (Lipinski definition) is 0.